The topological polar surface area (TPSA) is 53.5 Å². The third-order valence-corrected chi connectivity index (χ3v) is 5.25. The number of hydrazine groups is 1. The first kappa shape index (κ1) is 17.7. The van der Waals surface area contributed by atoms with Crippen molar-refractivity contribution in [3.63, 3.8) is 0 Å². The zero-order valence-electron chi connectivity index (χ0n) is 15.2. The molecule has 0 saturated carbocycles. The molecule has 1 aliphatic rings. The van der Waals surface area contributed by atoms with E-state index in [1.54, 1.807) is 12.1 Å². The minimum Gasteiger partial charge on any atom is -0.281 e. The second-order valence-electron chi connectivity index (χ2n) is 7.35. The molecular weight excluding hydrogens is 402 g/mol. The van der Waals surface area contributed by atoms with Gasteiger partial charge in [0.25, 0.3) is 5.91 Å². The third-order valence-electron chi connectivity index (χ3n) is 4.72. The van der Waals surface area contributed by atoms with Gasteiger partial charge in [-0.05, 0) is 60.9 Å². The predicted octanol–water partition coefficient (Wildman–Crippen LogP) is 4.62. The minimum absolute atomic E-state index is 0.198. The standard InChI is InChI=1S/C22H20BrN3O/c1-22(2)13-19-17-6-4-3-5-14(17)9-12-18(19)20(24-22)25-26-21(27)15-7-10-16(23)11-8-15/h3-12H,13H2,1-2H3,(H,24,25)(H,26,27). The lowest BCUT2D eigenvalue weighted by atomic mass is 9.85. The van der Waals surface area contributed by atoms with E-state index in [0.717, 1.165) is 16.5 Å². The molecule has 3 aromatic carbocycles. The fourth-order valence-electron chi connectivity index (χ4n) is 3.47. The van der Waals surface area contributed by atoms with Gasteiger partial charge in [-0.3, -0.25) is 20.6 Å². The van der Waals surface area contributed by atoms with Crippen LogP contribution in [0.25, 0.3) is 10.8 Å². The van der Waals surface area contributed by atoms with E-state index in [-0.39, 0.29) is 11.4 Å². The Bertz CT molecular complexity index is 1050. The molecule has 1 aliphatic heterocycles. The van der Waals surface area contributed by atoms with Crippen molar-refractivity contribution in [2.75, 3.05) is 0 Å². The van der Waals surface area contributed by atoms with Crippen LogP contribution in [-0.4, -0.2) is 17.3 Å². The summed E-state index contributed by atoms with van der Waals surface area (Å²) in [5, 5.41) is 2.45. The summed E-state index contributed by atoms with van der Waals surface area (Å²) in [4.78, 5) is 17.3. The Morgan fingerprint density at radius 2 is 1.78 bits per heavy atom. The lowest BCUT2D eigenvalue weighted by molar-refractivity contribution is 0.0943. The van der Waals surface area contributed by atoms with E-state index in [1.807, 2.05) is 18.2 Å². The Balaban J connectivity index is 1.64. The molecule has 0 atom stereocenters. The van der Waals surface area contributed by atoms with E-state index in [4.69, 9.17) is 4.99 Å². The monoisotopic (exact) mass is 421 g/mol. The van der Waals surface area contributed by atoms with Crippen LogP contribution in [0.4, 0.5) is 0 Å². The van der Waals surface area contributed by atoms with Crippen LogP contribution in [0.15, 0.2) is 70.1 Å². The van der Waals surface area contributed by atoms with E-state index in [1.165, 1.54) is 16.3 Å². The molecule has 3 aromatic rings. The summed E-state index contributed by atoms with van der Waals surface area (Å²) in [5.41, 5.74) is 8.45. The predicted molar refractivity (Wildman–Crippen MR) is 113 cm³/mol. The van der Waals surface area contributed by atoms with Gasteiger partial charge in [-0.1, -0.05) is 52.3 Å². The lowest BCUT2D eigenvalue weighted by Gasteiger charge is -2.30. The maximum atomic E-state index is 12.4. The molecule has 0 aliphatic carbocycles. The average molecular weight is 422 g/mol. The lowest BCUT2D eigenvalue weighted by Crippen LogP contribution is -2.45. The molecule has 0 radical (unpaired) electrons. The Morgan fingerprint density at radius 3 is 2.56 bits per heavy atom. The second-order valence-corrected chi connectivity index (χ2v) is 8.26. The van der Waals surface area contributed by atoms with Gasteiger partial charge in [-0.2, -0.15) is 0 Å². The molecule has 2 N–H and O–H groups in total. The molecule has 4 nitrogen and oxygen atoms in total. The van der Waals surface area contributed by atoms with E-state index in [9.17, 15) is 4.79 Å². The highest BCUT2D eigenvalue weighted by molar-refractivity contribution is 9.10. The highest BCUT2D eigenvalue weighted by Gasteiger charge is 2.28. The van der Waals surface area contributed by atoms with Gasteiger partial charge in [0.1, 0.15) is 5.84 Å². The number of rotatable bonds is 1. The van der Waals surface area contributed by atoms with Crippen molar-refractivity contribution in [3.05, 3.63) is 81.8 Å². The van der Waals surface area contributed by atoms with Gasteiger partial charge >= 0.3 is 0 Å². The number of carbonyl (C=O) groups excluding carboxylic acids is 1. The van der Waals surface area contributed by atoms with E-state index in [2.05, 4.69) is 71.0 Å². The number of hydrogen-bond donors (Lipinski definition) is 2. The molecule has 0 aromatic heterocycles. The number of amidine groups is 1. The number of hydrogen-bond acceptors (Lipinski definition) is 3. The van der Waals surface area contributed by atoms with Crippen LogP contribution < -0.4 is 10.9 Å². The van der Waals surface area contributed by atoms with Gasteiger partial charge in [-0.25, -0.2) is 0 Å². The maximum absolute atomic E-state index is 12.4. The number of carbonyl (C=O) groups is 1. The van der Waals surface area contributed by atoms with Crippen molar-refractivity contribution in [1.82, 2.24) is 10.9 Å². The van der Waals surface area contributed by atoms with Gasteiger partial charge < -0.3 is 0 Å². The van der Waals surface area contributed by atoms with Gasteiger partial charge in [0.05, 0.1) is 5.54 Å². The zero-order valence-corrected chi connectivity index (χ0v) is 16.8. The Hall–Kier alpha value is -2.66. The molecule has 27 heavy (non-hydrogen) atoms. The van der Waals surface area contributed by atoms with Gasteiger partial charge in [0.2, 0.25) is 0 Å². The summed E-state index contributed by atoms with van der Waals surface area (Å²) in [6.45, 7) is 4.21. The van der Waals surface area contributed by atoms with E-state index < -0.39 is 0 Å². The highest BCUT2D eigenvalue weighted by atomic mass is 79.9. The molecule has 0 fully saturated rings. The van der Waals surface area contributed by atoms with Crippen LogP contribution in [0, 0.1) is 0 Å². The minimum atomic E-state index is -0.248. The summed E-state index contributed by atoms with van der Waals surface area (Å²) in [6.07, 6.45) is 0.857. The Kier molecular flexibility index (Phi) is 4.48. The molecule has 136 valence electrons. The van der Waals surface area contributed by atoms with Crippen molar-refractivity contribution in [2.24, 2.45) is 4.99 Å². The second kappa shape index (κ2) is 6.82. The number of nitrogens with zero attached hydrogens (tertiary/aromatic N) is 1. The third kappa shape index (κ3) is 3.60. The van der Waals surface area contributed by atoms with E-state index >= 15 is 0 Å². The zero-order chi connectivity index (χ0) is 19.0. The fraction of sp³-hybridized carbons (Fsp3) is 0.182. The van der Waals surface area contributed by atoms with Crippen LogP contribution >= 0.6 is 15.9 Å². The number of amides is 1. The van der Waals surface area contributed by atoms with Gasteiger partial charge in [0, 0.05) is 15.6 Å². The van der Waals surface area contributed by atoms with Crippen LogP contribution in [-0.2, 0) is 6.42 Å². The molecule has 0 unspecified atom stereocenters. The number of nitrogens with one attached hydrogen (secondary N) is 2. The molecule has 0 spiro atoms. The highest BCUT2D eigenvalue weighted by Crippen LogP contribution is 2.31. The quantitative estimate of drug-likeness (QED) is 0.563. The summed E-state index contributed by atoms with van der Waals surface area (Å²) in [6, 6.07) is 19.8. The van der Waals surface area contributed by atoms with Crippen LogP contribution in [0.1, 0.15) is 35.3 Å². The smallest absolute Gasteiger partial charge is 0.269 e. The van der Waals surface area contributed by atoms with Crippen molar-refractivity contribution in [1.29, 1.82) is 0 Å². The van der Waals surface area contributed by atoms with Crippen molar-refractivity contribution in [3.8, 4) is 0 Å². The van der Waals surface area contributed by atoms with Crippen LogP contribution in [0.5, 0.6) is 0 Å². The Labute approximate surface area is 166 Å². The van der Waals surface area contributed by atoms with Crippen molar-refractivity contribution >= 4 is 38.4 Å². The molecular formula is C22H20BrN3O. The molecule has 0 bridgehead atoms. The fourth-order valence-corrected chi connectivity index (χ4v) is 3.73. The molecule has 1 heterocycles. The van der Waals surface area contributed by atoms with Crippen molar-refractivity contribution in [2.45, 2.75) is 25.8 Å². The molecule has 1 amide bonds. The Morgan fingerprint density at radius 1 is 1.04 bits per heavy atom. The SMILES string of the molecule is CC1(C)Cc2c(ccc3ccccc23)C(NNC(=O)c2ccc(Br)cc2)=N1. The molecule has 5 heteroatoms. The summed E-state index contributed by atoms with van der Waals surface area (Å²) in [5.74, 6) is 0.494. The summed E-state index contributed by atoms with van der Waals surface area (Å²) < 4.78 is 0.936. The van der Waals surface area contributed by atoms with Gasteiger partial charge in [-0.15, -0.1) is 0 Å². The van der Waals surface area contributed by atoms with E-state index in [0.29, 0.717) is 11.4 Å². The van der Waals surface area contributed by atoms with Crippen LogP contribution in [0.3, 0.4) is 0 Å². The number of fused-ring (bicyclic) bond motifs is 3. The normalized spacial score (nSPS) is 15.0. The first-order chi connectivity index (χ1) is 12.9. The number of benzene rings is 3. The molecule has 4 rings (SSSR count). The first-order valence-electron chi connectivity index (χ1n) is 8.86. The van der Waals surface area contributed by atoms with Gasteiger partial charge in [0.15, 0.2) is 0 Å². The summed E-state index contributed by atoms with van der Waals surface area (Å²) in [7, 11) is 0. The largest absolute Gasteiger partial charge is 0.281 e. The van der Waals surface area contributed by atoms with Crippen LogP contribution in [0.2, 0.25) is 0 Å². The van der Waals surface area contributed by atoms with Crippen molar-refractivity contribution < 1.29 is 4.79 Å². The number of aliphatic imine (C=N–C) groups is 1. The average Bonchev–Trinajstić information content (AvgIpc) is 2.65. The maximum Gasteiger partial charge on any atom is 0.269 e. The summed E-state index contributed by atoms with van der Waals surface area (Å²) >= 11 is 3.38. The molecule has 0 saturated heterocycles. The number of halogens is 1. The first-order valence-corrected chi connectivity index (χ1v) is 9.65.